The summed E-state index contributed by atoms with van der Waals surface area (Å²) in [6.45, 7) is 8.47. The summed E-state index contributed by atoms with van der Waals surface area (Å²) >= 11 is 0. The molecule has 3 rings (SSSR count). The van der Waals surface area contributed by atoms with Gasteiger partial charge >= 0.3 is 5.97 Å². The van der Waals surface area contributed by atoms with E-state index in [1.165, 1.54) is 7.11 Å². The van der Waals surface area contributed by atoms with Crippen LogP contribution in [-0.2, 0) is 14.3 Å². The predicted octanol–water partition coefficient (Wildman–Crippen LogP) is 2.65. The van der Waals surface area contributed by atoms with Crippen molar-refractivity contribution in [1.82, 2.24) is 4.90 Å². The minimum absolute atomic E-state index is 0.143. The number of nitrogens with zero attached hydrogens (tertiary/aromatic N) is 1. The van der Waals surface area contributed by atoms with Crippen molar-refractivity contribution < 1.29 is 23.8 Å². The number of carbonyl (C=O) groups is 2. The van der Waals surface area contributed by atoms with E-state index < -0.39 is 12.0 Å². The van der Waals surface area contributed by atoms with Gasteiger partial charge in [0, 0.05) is 12.5 Å². The zero-order valence-electron chi connectivity index (χ0n) is 14.8. The Bertz CT molecular complexity index is 729. The highest BCUT2D eigenvalue weighted by atomic mass is 16.7. The molecule has 0 spiro atoms. The summed E-state index contributed by atoms with van der Waals surface area (Å²) in [5.74, 6) is 0.000414. The lowest BCUT2D eigenvalue weighted by atomic mass is 9.84. The van der Waals surface area contributed by atoms with Crippen LogP contribution in [0.2, 0.25) is 0 Å². The van der Waals surface area contributed by atoms with Gasteiger partial charge in [-0.15, -0.1) is 13.2 Å². The number of likely N-dealkylation sites (tertiary alicyclic amines) is 1. The Morgan fingerprint density at radius 1 is 1.27 bits per heavy atom. The van der Waals surface area contributed by atoms with E-state index in [9.17, 15) is 9.59 Å². The third-order valence-electron chi connectivity index (χ3n) is 4.97. The van der Waals surface area contributed by atoms with E-state index in [-0.39, 0.29) is 24.6 Å². The number of benzene rings is 1. The van der Waals surface area contributed by atoms with Crippen molar-refractivity contribution in [3.63, 3.8) is 0 Å². The van der Waals surface area contributed by atoms with Crippen LogP contribution < -0.4 is 9.47 Å². The van der Waals surface area contributed by atoms with Gasteiger partial charge in [-0.2, -0.15) is 0 Å². The van der Waals surface area contributed by atoms with Crippen molar-refractivity contribution in [1.29, 1.82) is 0 Å². The summed E-state index contributed by atoms with van der Waals surface area (Å²) in [7, 11) is 1.34. The molecule has 0 N–H and O–H groups in total. The second kappa shape index (κ2) is 7.64. The van der Waals surface area contributed by atoms with Crippen molar-refractivity contribution in [3.8, 4) is 11.5 Å². The Morgan fingerprint density at radius 2 is 2.04 bits per heavy atom. The van der Waals surface area contributed by atoms with Crippen LogP contribution in [0.3, 0.4) is 0 Å². The second-order valence-electron chi connectivity index (χ2n) is 6.35. The Balaban J connectivity index is 1.86. The molecule has 2 aliphatic rings. The summed E-state index contributed by atoms with van der Waals surface area (Å²) in [5.41, 5.74) is 0.885. The third-order valence-corrected chi connectivity index (χ3v) is 4.97. The van der Waals surface area contributed by atoms with Crippen LogP contribution in [0.15, 0.2) is 43.5 Å². The highest BCUT2D eigenvalue weighted by molar-refractivity contribution is 5.88. The molecule has 0 aromatic heterocycles. The molecule has 1 amide bonds. The summed E-state index contributed by atoms with van der Waals surface area (Å²) in [4.78, 5) is 26.7. The fraction of sp³-hybridized carbons (Fsp3) is 0.400. The molecule has 0 aliphatic carbocycles. The Kier molecular flexibility index (Phi) is 5.30. The second-order valence-corrected chi connectivity index (χ2v) is 6.35. The van der Waals surface area contributed by atoms with E-state index >= 15 is 0 Å². The van der Waals surface area contributed by atoms with E-state index in [1.807, 2.05) is 18.2 Å². The lowest BCUT2D eigenvalue weighted by Crippen LogP contribution is -2.44. The van der Waals surface area contributed by atoms with Gasteiger partial charge in [0.1, 0.15) is 6.04 Å². The maximum Gasteiger partial charge on any atom is 0.328 e. The van der Waals surface area contributed by atoms with Crippen molar-refractivity contribution in [2.45, 2.75) is 24.8 Å². The zero-order valence-corrected chi connectivity index (χ0v) is 14.8. The largest absolute Gasteiger partial charge is 0.467 e. The molecule has 6 heteroatoms. The third kappa shape index (κ3) is 3.19. The number of fused-ring (bicyclic) bond motifs is 1. The van der Waals surface area contributed by atoms with Gasteiger partial charge < -0.3 is 19.1 Å². The molecule has 1 saturated heterocycles. The summed E-state index contributed by atoms with van der Waals surface area (Å²) in [5, 5.41) is 0. The number of methoxy groups -OCH3 is 1. The van der Waals surface area contributed by atoms with Gasteiger partial charge in [-0.05, 0) is 30.5 Å². The number of allylic oxidation sites excluding steroid dienone is 1. The monoisotopic (exact) mass is 357 g/mol. The lowest BCUT2D eigenvalue weighted by Gasteiger charge is -2.29. The quantitative estimate of drug-likeness (QED) is 0.578. The molecule has 1 fully saturated rings. The van der Waals surface area contributed by atoms with E-state index in [1.54, 1.807) is 17.1 Å². The molecule has 2 aliphatic heterocycles. The molecule has 3 atom stereocenters. The van der Waals surface area contributed by atoms with Crippen LogP contribution in [0.4, 0.5) is 0 Å². The average Bonchev–Trinajstić information content (AvgIpc) is 3.33. The van der Waals surface area contributed by atoms with E-state index in [0.29, 0.717) is 24.5 Å². The summed E-state index contributed by atoms with van der Waals surface area (Å²) in [6, 6.07) is 5.05. The van der Waals surface area contributed by atoms with E-state index in [0.717, 1.165) is 12.0 Å². The minimum atomic E-state index is -0.530. The normalized spacial score (nSPS) is 20.3. The highest BCUT2D eigenvalue weighted by Crippen LogP contribution is 2.38. The smallest absolute Gasteiger partial charge is 0.328 e. The maximum atomic E-state index is 13.2. The van der Waals surface area contributed by atoms with Crippen LogP contribution >= 0.6 is 0 Å². The van der Waals surface area contributed by atoms with Crippen LogP contribution in [0.5, 0.6) is 11.5 Å². The lowest BCUT2D eigenvalue weighted by molar-refractivity contribution is -0.152. The number of esters is 1. The molecular formula is C20H23NO5. The molecule has 2 heterocycles. The van der Waals surface area contributed by atoms with Gasteiger partial charge in [0.05, 0.1) is 13.0 Å². The first-order chi connectivity index (χ1) is 12.6. The van der Waals surface area contributed by atoms with Crippen LogP contribution in [-0.4, -0.2) is 43.3 Å². The van der Waals surface area contributed by atoms with Gasteiger partial charge in [-0.25, -0.2) is 4.79 Å². The van der Waals surface area contributed by atoms with Crippen LogP contribution in [0.1, 0.15) is 24.3 Å². The van der Waals surface area contributed by atoms with Gasteiger partial charge in [0.25, 0.3) is 0 Å². The Morgan fingerprint density at radius 3 is 2.73 bits per heavy atom. The van der Waals surface area contributed by atoms with Crippen LogP contribution in [0, 0.1) is 5.92 Å². The number of hydrogen-bond donors (Lipinski definition) is 0. The summed E-state index contributed by atoms with van der Waals surface area (Å²) < 4.78 is 15.6. The topological polar surface area (TPSA) is 65.1 Å². The molecule has 0 bridgehead atoms. The van der Waals surface area contributed by atoms with Crippen LogP contribution in [0.25, 0.3) is 0 Å². The van der Waals surface area contributed by atoms with E-state index in [2.05, 4.69) is 13.2 Å². The predicted molar refractivity (Wildman–Crippen MR) is 95.9 cm³/mol. The van der Waals surface area contributed by atoms with E-state index in [4.69, 9.17) is 14.2 Å². The fourth-order valence-electron chi connectivity index (χ4n) is 3.61. The Labute approximate surface area is 153 Å². The standard InChI is InChI=1S/C20H23NO5/c1-4-14(13-8-9-17-18(11-13)26-12-25-17)15(5-2)19(22)21-10-6-7-16(21)20(23)24-3/h4-5,8-9,11,14-16H,1-2,6-7,10,12H2,3H3/t14-,15-,16-/m0/s1. The highest BCUT2D eigenvalue weighted by Gasteiger charge is 2.39. The number of hydrogen-bond acceptors (Lipinski definition) is 5. The fourth-order valence-corrected chi connectivity index (χ4v) is 3.61. The Hall–Kier alpha value is -2.76. The zero-order chi connectivity index (χ0) is 18.7. The van der Waals surface area contributed by atoms with Crippen molar-refractivity contribution in [3.05, 3.63) is 49.1 Å². The molecule has 6 nitrogen and oxygen atoms in total. The molecule has 0 saturated carbocycles. The molecule has 138 valence electrons. The maximum absolute atomic E-state index is 13.2. The minimum Gasteiger partial charge on any atom is -0.467 e. The molecule has 0 radical (unpaired) electrons. The molecular weight excluding hydrogens is 334 g/mol. The molecule has 1 aromatic rings. The molecule has 0 unspecified atom stereocenters. The van der Waals surface area contributed by atoms with Crippen molar-refractivity contribution in [2.75, 3.05) is 20.4 Å². The van der Waals surface area contributed by atoms with Gasteiger partial charge in [-0.3, -0.25) is 4.79 Å². The number of carbonyl (C=O) groups excluding carboxylic acids is 2. The first-order valence-corrected chi connectivity index (χ1v) is 8.63. The molecule has 26 heavy (non-hydrogen) atoms. The first-order valence-electron chi connectivity index (χ1n) is 8.63. The summed E-state index contributed by atoms with van der Waals surface area (Å²) in [6.07, 6.45) is 4.74. The SMILES string of the molecule is C=C[C@H](C(=O)N1CCC[C@H]1C(=O)OC)[C@@H](C=C)c1ccc2c(c1)OCO2. The number of amides is 1. The van der Waals surface area contributed by atoms with Gasteiger partial charge in [-0.1, -0.05) is 18.2 Å². The van der Waals surface area contributed by atoms with Gasteiger partial charge in [0.15, 0.2) is 11.5 Å². The van der Waals surface area contributed by atoms with Crippen molar-refractivity contribution in [2.24, 2.45) is 5.92 Å². The number of ether oxygens (including phenoxy) is 3. The molecule has 1 aromatic carbocycles. The number of rotatable bonds is 6. The van der Waals surface area contributed by atoms with Crippen molar-refractivity contribution >= 4 is 11.9 Å². The van der Waals surface area contributed by atoms with Gasteiger partial charge in [0.2, 0.25) is 12.7 Å². The first kappa shape index (κ1) is 18.0. The average molecular weight is 357 g/mol.